The monoisotopic (exact) mass is 380 g/mol. The van der Waals surface area contributed by atoms with Crippen LogP contribution in [-0.4, -0.2) is 29.2 Å². The summed E-state index contributed by atoms with van der Waals surface area (Å²) in [6.07, 6.45) is 4.69. The second kappa shape index (κ2) is 6.36. The van der Waals surface area contributed by atoms with Gasteiger partial charge in [-0.05, 0) is 36.5 Å². The summed E-state index contributed by atoms with van der Waals surface area (Å²) in [5, 5.41) is 4.07. The average Bonchev–Trinajstić information content (AvgIpc) is 3.24. The average molecular weight is 380 g/mol. The molecule has 28 heavy (non-hydrogen) atoms. The van der Waals surface area contributed by atoms with Gasteiger partial charge < -0.3 is 9.09 Å². The largest absolute Gasteiger partial charge is 0.337 e. The first-order chi connectivity index (χ1) is 13.6. The summed E-state index contributed by atoms with van der Waals surface area (Å²) in [4.78, 5) is 25.3. The van der Waals surface area contributed by atoms with Gasteiger partial charge in [-0.2, -0.15) is 4.98 Å². The molecule has 1 aliphatic rings. The van der Waals surface area contributed by atoms with Crippen LogP contribution in [0.15, 0.2) is 46.2 Å². The van der Waals surface area contributed by atoms with Crippen molar-refractivity contribution >= 4 is 11.2 Å². The maximum Gasteiger partial charge on any atom is 0.280 e. The fourth-order valence-corrected chi connectivity index (χ4v) is 3.69. The lowest BCUT2D eigenvalue weighted by molar-refractivity contribution is 0.314. The van der Waals surface area contributed by atoms with Crippen LogP contribution in [-0.2, 0) is 13.6 Å². The highest BCUT2D eigenvalue weighted by molar-refractivity contribution is 5.68. The van der Waals surface area contributed by atoms with Crippen LogP contribution >= 0.6 is 0 Å². The molecule has 0 N–H and O–H groups in total. The minimum atomic E-state index is -0.216. The van der Waals surface area contributed by atoms with Crippen molar-refractivity contribution in [1.29, 1.82) is 0 Å². The molecule has 0 amide bonds. The van der Waals surface area contributed by atoms with Crippen LogP contribution in [0.4, 0.5) is 4.39 Å². The zero-order chi connectivity index (χ0) is 19.3. The lowest BCUT2D eigenvalue weighted by atomic mass is 9.71. The Hall–Kier alpha value is -3.36. The van der Waals surface area contributed by atoms with Crippen molar-refractivity contribution in [3.8, 4) is 0 Å². The topological polar surface area (TPSA) is 91.6 Å². The van der Waals surface area contributed by atoms with Crippen LogP contribution in [0, 0.1) is 5.82 Å². The van der Waals surface area contributed by atoms with Gasteiger partial charge in [0.05, 0.1) is 6.33 Å². The smallest absolute Gasteiger partial charge is 0.280 e. The van der Waals surface area contributed by atoms with Crippen molar-refractivity contribution in [3.05, 3.63) is 70.4 Å². The third-order valence-corrected chi connectivity index (χ3v) is 5.31. The van der Waals surface area contributed by atoms with E-state index in [0.29, 0.717) is 28.8 Å². The molecule has 1 aromatic carbocycles. The number of aromatic nitrogens is 6. The molecule has 0 radical (unpaired) electrons. The molecule has 0 spiro atoms. The molecule has 1 aliphatic carbocycles. The number of aryl methyl sites for hydroxylation is 1. The lowest BCUT2D eigenvalue weighted by Crippen LogP contribution is -2.23. The highest BCUT2D eigenvalue weighted by atomic mass is 19.1. The first-order valence-electron chi connectivity index (χ1n) is 9.03. The van der Waals surface area contributed by atoms with Crippen molar-refractivity contribution in [2.24, 2.45) is 7.05 Å². The van der Waals surface area contributed by atoms with E-state index in [0.717, 1.165) is 18.4 Å². The molecule has 1 fully saturated rings. The number of hydrogen-bond acceptors (Lipinski definition) is 6. The SMILES string of the molecule is Cn1cnc2ncn(Cc3nc(C4CC(c5cccc(F)c5)C4)no3)c(=O)c21. The predicted octanol–water partition coefficient (Wildman–Crippen LogP) is 2.36. The third kappa shape index (κ3) is 2.79. The van der Waals surface area contributed by atoms with E-state index in [-0.39, 0.29) is 23.8 Å². The highest BCUT2D eigenvalue weighted by Gasteiger charge is 2.34. The number of halogens is 1. The third-order valence-electron chi connectivity index (χ3n) is 5.31. The molecule has 3 heterocycles. The van der Waals surface area contributed by atoms with Gasteiger partial charge in [-0.25, -0.2) is 14.4 Å². The minimum absolute atomic E-state index is 0.153. The van der Waals surface area contributed by atoms with E-state index in [9.17, 15) is 9.18 Å². The molecular weight excluding hydrogens is 363 g/mol. The van der Waals surface area contributed by atoms with Gasteiger partial charge in [-0.3, -0.25) is 9.36 Å². The predicted molar refractivity (Wildman–Crippen MR) is 97.3 cm³/mol. The Morgan fingerprint density at radius 3 is 2.86 bits per heavy atom. The van der Waals surface area contributed by atoms with Gasteiger partial charge in [-0.15, -0.1) is 0 Å². The Morgan fingerprint density at radius 1 is 1.21 bits per heavy atom. The molecule has 4 aromatic rings. The van der Waals surface area contributed by atoms with Gasteiger partial charge in [-0.1, -0.05) is 17.3 Å². The van der Waals surface area contributed by atoms with Crippen LogP contribution in [0.3, 0.4) is 0 Å². The quantitative estimate of drug-likeness (QED) is 0.540. The van der Waals surface area contributed by atoms with E-state index < -0.39 is 0 Å². The molecule has 142 valence electrons. The zero-order valence-corrected chi connectivity index (χ0v) is 15.1. The van der Waals surface area contributed by atoms with Crippen molar-refractivity contribution in [2.75, 3.05) is 0 Å². The molecule has 3 aromatic heterocycles. The van der Waals surface area contributed by atoms with Crippen molar-refractivity contribution in [2.45, 2.75) is 31.2 Å². The van der Waals surface area contributed by atoms with E-state index in [1.165, 1.54) is 17.0 Å². The number of rotatable bonds is 4. The van der Waals surface area contributed by atoms with Crippen LogP contribution in [0.5, 0.6) is 0 Å². The fraction of sp³-hybridized carbons (Fsp3) is 0.316. The Balaban J connectivity index is 1.31. The molecule has 8 nitrogen and oxygen atoms in total. The molecule has 0 aliphatic heterocycles. The Kier molecular flexibility index (Phi) is 3.81. The molecule has 1 saturated carbocycles. The standard InChI is InChI=1S/C19H17FN6O2/c1-25-9-21-18-16(25)19(27)26(10-22-18)8-15-23-17(24-28-15)13-5-12(6-13)11-3-2-4-14(20)7-11/h2-4,7,9-10,12-13H,5-6,8H2,1H3. The van der Waals surface area contributed by atoms with Gasteiger partial charge in [0.25, 0.3) is 5.56 Å². The van der Waals surface area contributed by atoms with E-state index in [1.807, 2.05) is 6.07 Å². The van der Waals surface area contributed by atoms with Gasteiger partial charge >= 0.3 is 0 Å². The maximum absolute atomic E-state index is 13.4. The highest BCUT2D eigenvalue weighted by Crippen LogP contribution is 2.46. The normalized spacial score (nSPS) is 19.1. The Bertz CT molecular complexity index is 1220. The second-order valence-electron chi connectivity index (χ2n) is 7.17. The summed E-state index contributed by atoms with van der Waals surface area (Å²) in [7, 11) is 1.75. The number of benzene rings is 1. The van der Waals surface area contributed by atoms with Crippen molar-refractivity contribution in [3.63, 3.8) is 0 Å². The molecular formula is C19H17FN6O2. The molecule has 0 unspecified atom stereocenters. The fourth-order valence-electron chi connectivity index (χ4n) is 3.69. The first-order valence-corrected chi connectivity index (χ1v) is 9.03. The van der Waals surface area contributed by atoms with E-state index >= 15 is 0 Å². The van der Waals surface area contributed by atoms with Crippen molar-refractivity contribution in [1.82, 2.24) is 29.2 Å². The molecule has 0 saturated heterocycles. The summed E-state index contributed by atoms with van der Waals surface area (Å²) in [5.41, 5.74) is 1.63. The number of imidazole rings is 1. The lowest BCUT2D eigenvalue weighted by Gasteiger charge is -2.33. The van der Waals surface area contributed by atoms with E-state index in [4.69, 9.17) is 4.52 Å². The Labute approximate surface area is 158 Å². The zero-order valence-electron chi connectivity index (χ0n) is 15.1. The summed E-state index contributed by atoms with van der Waals surface area (Å²) in [6, 6.07) is 6.70. The van der Waals surface area contributed by atoms with Gasteiger partial charge in [0.1, 0.15) is 18.7 Å². The number of fused-ring (bicyclic) bond motifs is 1. The number of hydrogen-bond donors (Lipinski definition) is 0. The second-order valence-corrected chi connectivity index (χ2v) is 7.17. The Morgan fingerprint density at radius 2 is 2.04 bits per heavy atom. The maximum atomic E-state index is 13.4. The molecule has 0 bridgehead atoms. The summed E-state index contributed by atoms with van der Waals surface area (Å²) < 4.78 is 21.8. The van der Waals surface area contributed by atoms with Crippen LogP contribution in [0.25, 0.3) is 11.2 Å². The van der Waals surface area contributed by atoms with Gasteiger partial charge in [0, 0.05) is 13.0 Å². The van der Waals surface area contributed by atoms with Crippen LogP contribution in [0.2, 0.25) is 0 Å². The van der Waals surface area contributed by atoms with Gasteiger partial charge in [0.2, 0.25) is 5.89 Å². The minimum Gasteiger partial charge on any atom is -0.337 e. The summed E-state index contributed by atoms with van der Waals surface area (Å²) >= 11 is 0. The molecule has 5 rings (SSSR count). The van der Waals surface area contributed by atoms with Crippen LogP contribution < -0.4 is 5.56 Å². The first kappa shape index (κ1) is 16.8. The molecule has 0 atom stereocenters. The summed E-state index contributed by atoms with van der Waals surface area (Å²) in [5.74, 6) is 1.26. The van der Waals surface area contributed by atoms with E-state index in [2.05, 4.69) is 20.1 Å². The molecule has 9 heteroatoms. The van der Waals surface area contributed by atoms with Gasteiger partial charge in [0.15, 0.2) is 17.0 Å². The number of nitrogens with zero attached hydrogens (tertiary/aromatic N) is 6. The van der Waals surface area contributed by atoms with E-state index in [1.54, 1.807) is 30.1 Å². The summed E-state index contributed by atoms with van der Waals surface area (Å²) in [6.45, 7) is 0.153. The van der Waals surface area contributed by atoms with Crippen LogP contribution in [0.1, 0.15) is 42.0 Å². The van der Waals surface area contributed by atoms with Crippen molar-refractivity contribution < 1.29 is 8.91 Å².